The van der Waals surface area contributed by atoms with E-state index in [9.17, 15) is 0 Å². The van der Waals surface area contributed by atoms with E-state index < -0.39 is 0 Å². The summed E-state index contributed by atoms with van der Waals surface area (Å²) in [6.45, 7) is 4.31. The number of benzene rings is 1. The first-order valence-corrected chi connectivity index (χ1v) is 5.26. The van der Waals surface area contributed by atoms with Gasteiger partial charge in [-0.2, -0.15) is 0 Å². The van der Waals surface area contributed by atoms with Crippen LogP contribution >= 0.6 is 0 Å². The number of hydrogen-bond donors (Lipinski definition) is 2. The molecule has 0 aromatic heterocycles. The molecule has 15 heavy (non-hydrogen) atoms. The Balaban J connectivity index is 2.70. The summed E-state index contributed by atoms with van der Waals surface area (Å²) in [6, 6.07) is 8.39. The van der Waals surface area contributed by atoms with Crippen LogP contribution in [0.1, 0.15) is 19.4 Å². The lowest BCUT2D eigenvalue weighted by Crippen LogP contribution is -2.40. The van der Waals surface area contributed by atoms with Crippen molar-refractivity contribution in [1.82, 2.24) is 5.43 Å². The Hall–Kier alpha value is -1.06. The first kappa shape index (κ1) is 12.0. The minimum Gasteiger partial charge on any atom is -0.497 e. The van der Waals surface area contributed by atoms with Gasteiger partial charge in [-0.1, -0.05) is 26.0 Å². The van der Waals surface area contributed by atoms with E-state index in [4.69, 9.17) is 10.6 Å². The molecule has 0 saturated heterocycles. The van der Waals surface area contributed by atoms with Crippen molar-refractivity contribution in [3.05, 3.63) is 29.8 Å². The first-order chi connectivity index (χ1) is 7.17. The maximum atomic E-state index is 5.51. The van der Waals surface area contributed by atoms with Crippen LogP contribution in [0.15, 0.2) is 24.3 Å². The minimum absolute atomic E-state index is 0.303. The van der Waals surface area contributed by atoms with Crippen molar-refractivity contribution in [1.29, 1.82) is 0 Å². The van der Waals surface area contributed by atoms with Crippen LogP contribution in [0.25, 0.3) is 0 Å². The third-order valence-electron chi connectivity index (χ3n) is 2.61. The van der Waals surface area contributed by atoms with Gasteiger partial charge in [0.1, 0.15) is 5.75 Å². The summed E-state index contributed by atoms with van der Waals surface area (Å²) in [5.74, 6) is 6.92. The van der Waals surface area contributed by atoms with Crippen LogP contribution in [-0.4, -0.2) is 13.2 Å². The van der Waals surface area contributed by atoms with Gasteiger partial charge >= 0.3 is 0 Å². The zero-order valence-electron chi connectivity index (χ0n) is 9.66. The van der Waals surface area contributed by atoms with Gasteiger partial charge < -0.3 is 4.74 Å². The summed E-state index contributed by atoms with van der Waals surface area (Å²) in [7, 11) is 1.68. The van der Waals surface area contributed by atoms with E-state index in [1.807, 2.05) is 18.2 Å². The monoisotopic (exact) mass is 208 g/mol. The molecule has 3 heteroatoms. The van der Waals surface area contributed by atoms with E-state index in [1.54, 1.807) is 7.11 Å². The number of ether oxygens (including phenoxy) is 1. The van der Waals surface area contributed by atoms with Crippen molar-refractivity contribution in [2.75, 3.05) is 7.11 Å². The minimum atomic E-state index is 0.303. The lowest BCUT2D eigenvalue weighted by molar-refractivity contribution is 0.399. The van der Waals surface area contributed by atoms with Crippen molar-refractivity contribution >= 4 is 0 Å². The number of rotatable bonds is 5. The lowest BCUT2D eigenvalue weighted by atomic mass is 9.97. The molecule has 0 bridgehead atoms. The Morgan fingerprint density at radius 2 is 2.13 bits per heavy atom. The van der Waals surface area contributed by atoms with Crippen LogP contribution in [-0.2, 0) is 6.42 Å². The summed E-state index contributed by atoms with van der Waals surface area (Å²) in [4.78, 5) is 0. The molecule has 0 fully saturated rings. The molecular formula is C12H20N2O. The quantitative estimate of drug-likeness (QED) is 0.572. The largest absolute Gasteiger partial charge is 0.497 e. The number of hydrazine groups is 1. The molecule has 1 aromatic carbocycles. The van der Waals surface area contributed by atoms with Crippen LogP contribution in [0.3, 0.4) is 0 Å². The molecule has 1 aromatic rings. The molecule has 1 unspecified atom stereocenters. The number of nitrogens with two attached hydrogens (primary N) is 1. The Morgan fingerprint density at radius 3 is 2.67 bits per heavy atom. The normalized spacial score (nSPS) is 12.9. The van der Waals surface area contributed by atoms with Gasteiger partial charge in [-0.3, -0.25) is 11.3 Å². The maximum Gasteiger partial charge on any atom is 0.119 e. The van der Waals surface area contributed by atoms with Gasteiger partial charge in [-0.15, -0.1) is 0 Å². The van der Waals surface area contributed by atoms with Crippen molar-refractivity contribution in [2.24, 2.45) is 11.8 Å². The van der Waals surface area contributed by atoms with Crippen molar-refractivity contribution in [3.63, 3.8) is 0 Å². The smallest absolute Gasteiger partial charge is 0.119 e. The zero-order chi connectivity index (χ0) is 11.3. The van der Waals surface area contributed by atoms with Gasteiger partial charge in [0.15, 0.2) is 0 Å². The van der Waals surface area contributed by atoms with Gasteiger partial charge in [0.2, 0.25) is 0 Å². The Bertz CT molecular complexity index is 299. The number of methoxy groups -OCH3 is 1. The molecule has 0 amide bonds. The second-order valence-electron chi connectivity index (χ2n) is 4.07. The summed E-state index contributed by atoms with van der Waals surface area (Å²) >= 11 is 0. The summed E-state index contributed by atoms with van der Waals surface area (Å²) in [5.41, 5.74) is 4.09. The second-order valence-corrected chi connectivity index (χ2v) is 4.07. The summed E-state index contributed by atoms with van der Waals surface area (Å²) in [6.07, 6.45) is 0.922. The fraction of sp³-hybridized carbons (Fsp3) is 0.500. The SMILES string of the molecule is COc1cccc(CC(NN)C(C)C)c1. The molecule has 0 aliphatic carbocycles. The van der Waals surface area contributed by atoms with Gasteiger partial charge in [0.05, 0.1) is 7.11 Å². The highest BCUT2D eigenvalue weighted by molar-refractivity contribution is 5.28. The zero-order valence-corrected chi connectivity index (χ0v) is 9.66. The van der Waals surface area contributed by atoms with Crippen LogP contribution in [0.4, 0.5) is 0 Å². The highest BCUT2D eigenvalue weighted by Gasteiger charge is 2.11. The molecule has 0 heterocycles. The Morgan fingerprint density at radius 1 is 1.40 bits per heavy atom. The van der Waals surface area contributed by atoms with E-state index in [-0.39, 0.29) is 0 Å². The van der Waals surface area contributed by atoms with Gasteiger partial charge in [-0.25, -0.2) is 0 Å². The van der Waals surface area contributed by atoms with Crippen molar-refractivity contribution in [2.45, 2.75) is 26.3 Å². The second kappa shape index (κ2) is 5.73. The summed E-state index contributed by atoms with van der Waals surface area (Å²) < 4.78 is 5.18. The Kier molecular flexibility index (Phi) is 4.59. The average Bonchev–Trinajstić information content (AvgIpc) is 2.25. The topological polar surface area (TPSA) is 47.3 Å². The molecule has 3 N–H and O–H groups in total. The molecule has 0 aliphatic heterocycles. The van der Waals surface area contributed by atoms with E-state index >= 15 is 0 Å². The highest BCUT2D eigenvalue weighted by atomic mass is 16.5. The molecule has 0 saturated carbocycles. The summed E-state index contributed by atoms with van der Waals surface area (Å²) in [5, 5.41) is 0. The fourth-order valence-electron chi connectivity index (χ4n) is 1.54. The van der Waals surface area contributed by atoms with Crippen LogP contribution < -0.4 is 16.0 Å². The van der Waals surface area contributed by atoms with Crippen LogP contribution in [0.2, 0.25) is 0 Å². The molecule has 84 valence electrons. The molecule has 1 rings (SSSR count). The van der Waals surface area contributed by atoms with Crippen LogP contribution in [0.5, 0.6) is 5.75 Å². The van der Waals surface area contributed by atoms with E-state index in [2.05, 4.69) is 25.3 Å². The highest BCUT2D eigenvalue weighted by Crippen LogP contribution is 2.15. The van der Waals surface area contributed by atoms with Gasteiger partial charge in [-0.05, 0) is 30.0 Å². The van der Waals surface area contributed by atoms with E-state index in [0.717, 1.165) is 12.2 Å². The predicted octanol–water partition coefficient (Wildman–Crippen LogP) is 1.73. The number of nitrogens with one attached hydrogen (secondary N) is 1. The van der Waals surface area contributed by atoms with E-state index in [1.165, 1.54) is 5.56 Å². The van der Waals surface area contributed by atoms with E-state index in [0.29, 0.717) is 12.0 Å². The molecule has 0 radical (unpaired) electrons. The van der Waals surface area contributed by atoms with Crippen molar-refractivity contribution < 1.29 is 4.74 Å². The molecule has 0 aliphatic rings. The average molecular weight is 208 g/mol. The number of hydrogen-bond acceptors (Lipinski definition) is 3. The van der Waals surface area contributed by atoms with Gasteiger partial charge in [0.25, 0.3) is 0 Å². The third kappa shape index (κ3) is 3.53. The molecule has 0 spiro atoms. The lowest BCUT2D eigenvalue weighted by Gasteiger charge is -2.19. The van der Waals surface area contributed by atoms with Gasteiger partial charge in [0, 0.05) is 6.04 Å². The molecular weight excluding hydrogens is 188 g/mol. The van der Waals surface area contributed by atoms with Crippen LogP contribution in [0, 0.1) is 5.92 Å². The maximum absolute atomic E-state index is 5.51. The molecule has 1 atom stereocenters. The standard InChI is InChI=1S/C12H20N2O/c1-9(2)12(14-13)8-10-5-4-6-11(7-10)15-3/h4-7,9,12,14H,8,13H2,1-3H3. The third-order valence-corrected chi connectivity index (χ3v) is 2.61. The Labute approximate surface area is 91.6 Å². The molecule has 3 nitrogen and oxygen atoms in total. The predicted molar refractivity (Wildman–Crippen MR) is 62.6 cm³/mol. The first-order valence-electron chi connectivity index (χ1n) is 5.26. The van der Waals surface area contributed by atoms with Crippen molar-refractivity contribution in [3.8, 4) is 5.75 Å². The fourth-order valence-corrected chi connectivity index (χ4v) is 1.54.